The van der Waals surface area contributed by atoms with Crippen molar-refractivity contribution in [1.29, 1.82) is 0 Å². The van der Waals surface area contributed by atoms with E-state index >= 15 is 0 Å². The van der Waals surface area contributed by atoms with Crippen molar-refractivity contribution in [3.05, 3.63) is 24.3 Å². The van der Waals surface area contributed by atoms with Crippen molar-refractivity contribution in [3.8, 4) is 0 Å². The molecule has 0 unspecified atom stereocenters. The molecule has 162 valence electrons. The maximum absolute atomic E-state index is 6.08. The highest BCUT2D eigenvalue weighted by Crippen LogP contribution is 2.27. The highest BCUT2D eigenvalue weighted by molar-refractivity contribution is 5.55. The number of hydrogen-bond donors (Lipinski definition) is 3. The van der Waals surface area contributed by atoms with Crippen molar-refractivity contribution in [2.45, 2.75) is 69.5 Å². The third-order valence-electron chi connectivity index (χ3n) is 7.47. The fraction of sp³-hybridized carbons (Fsp3) is 0.750. The molecule has 4 N–H and O–H groups in total. The van der Waals surface area contributed by atoms with Crippen LogP contribution in [0.3, 0.4) is 0 Å². The third-order valence-corrected chi connectivity index (χ3v) is 7.47. The van der Waals surface area contributed by atoms with Gasteiger partial charge < -0.3 is 26.2 Å². The molecule has 1 aromatic rings. The zero-order valence-electron chi connectivity index (χ0n) is 18.3. The van der Waals surface area contributed by atoms with E-state index in [1.54, 1.807) is 0 Å². The van der Waals surface area contributed by atoms with Gasteiger partial charge in [0, 0.05) is 49.1 Å². The molecule has 0 aromatic heterocycles. The standard InChI is InChI=1S/C24H41N5/c1-28(23-6-2-20(25)3-7-23)18-19-12-16-29(17-13-19)24-8-4-21(5-9-24)27-22-10-14-26-15-11-22/h4-5,8-9,19-20,22-23,26-27H,2-3,6-7,10-18,25H2,1H3. The molecule has 0 bridgehead atoms. The molecule has 5 heteroatoms. The molecule has 1 aliphatic carbocycles. The van der Waals surface area contributed by atoms with E-state index in [9.17, 15) is 0 Å². The number of nitrogens with zero attached hydrogens (tertiary/aromatic N) is 2. The Kier molecular flexibility index (Phi) is 7.33. The summed E-state index contributed by atoms with van der Waals surface area (Å²) in [5.74, 6) is 0.840. The third kappa shape index (κ3) is 5.87. The molecule has 5 nitrogen and oxygen atoms in total. The van der Waals surface area contributed by atoms with Crippen molar-refractivity contribution in [1.82, 2.24) is 10.2 Å². The quantitative estimate of drug-likeness (QED) is 0.685. The van der Waals surface area contributed by atoms with Crippen molar-refractivity contribution in [3.63, 3.8) is 0 Å². The largest absolute Gasteiger partial charge is 0.382 e. The van der Waals surface area contributed by atoms with Gasteiger partial charge in [-0.05, 0) is 102 Å². The average molecular weight is 400 g/mol. The van der Waals surface area contributed by atoms with Crippen molar-refractivity contribution in [2.75, 3.05) is 50.0 Å². The summed E-state index contributed by atoms with van der Waals surface area (Å²) >= 11 is 0. The van der Waals surface area contributed by atoms with Gasteiger partial charge in [0.25, 0.3) is 0 Å². The molecule has 1 aromatic carbocycles. The molecule has 3 fully saturated rings. The summed E-state index contributed by atoms with van der Waals surface area (Å²) in [6.45, 7) is 5.90. The van der Waals surface area contributed by atoms with Gasteiger partial charge in [-0.15, -0.1) is 0 Å². The summed E-state index contributed by atoms with van der Waals surface area (Å²) in [5, 5.41) is 7.13. The molecular formula is C24H41N5. The second-order valence-electron chi connectivity index (χ2n) is 9.65. The van der Waals surface area contributed by atoms with Gasteiger partial charge in [-0.3, -0.25) is 0 Å². The summed E-state index contributed by atoms with van der Waals surface area (Å²) in [6, 6.07) is 11.0. The fourth-order valence-corrected chi connectivity index (χ4v) is 5.44. The van der Waals surface area contributed by atoms with Crippen LogP contribution < -0.4 is 21.3 Å². The van der Waals surface area contributed by atoms with E-state index in [0.717, 1.165) is 25.0 Å². The SMILES string of the molecule is CN(CC1CCN(c2ccc(NC3CCNCC3)cc2)CC1)C1CCC(N)CC1. The van der Waals surface area contributed by atoms with Gasteiger partial charge in [-0.1, -0.05) is 0 Å². The molecule has 2 heterocycles. The van der Waals surface area contributed by atoms with Crippen molar-refractivity contribution >= 4 is 11.4 Å². The Balaban J connectivity index is 1.21. The minimum atomic E-state index is 0.448. The number of piperidine rings is 2. The Labute approximate surface area is 177 Å². The molecule has 0 amide bonds. The molecular weight excluding hydrogens is 358 g/mol. The minimum absolute atomic E-state index is 0.448. The van der Waals surface area contributed by atoms with E-state index in [1.165, 1.54) is 82.4 Å². The highest BCUT2D eigenvalue weighted by Gasteiger charge is 2.26. The lowest BCUT2D eigenvalue weighted by Gasteiger charge is -2.39. The summed E-state index contributed by atoms with van der Waals surface area (Å²) < 4.78 is 0. The maximum Gasteiger partial charge on any atom is 0.0367 e. The number of rotatable bonds is 6. The molecule has 1 saturated carbocycles. The first kappa shape index (κ1) is 21.0. The average Bonchev–Trinajstić information content (AvgIpc) is 2.76. The molecule has 0 spiro atoms. The van der Waals surface area contributed by atoms with Crippen molar-refractivity contribution < 1.29 is 0 Å². The minimum Gasteiger partial charge on any atom is -0.382 e. The van der Waals surface area contributed by atoms with Crippen LogP contribution in [0.4, 0.5) is 11.4 Å². The number of anilines is 2. The van der Waals surface area contributed by atoms with Crippen LogP contribution in [0.1, 0.15) is 51.4 Å². The lowest BCUT2D eigenvalue weighted by atomic mass is 9.89. The molecule has 0 radical (unpaired) electrons. The van der Waals surface area contributed by atoms with Crippen LogP contribution in [0.5, 0.6) is 0 Å². The Morgan fingerprint density at radius 1 is 0.966 bits per heavy atom. The Morgan fingerprint density at radius 2 is 1.62 bits per heavy atom. The van der Waals surface area contributed by atoms with E-state index < -0.39 is 0 Å². The monoisotopic (exact) mass is 399 g/mol. The van der Waals surface area contributed by atoms with E-state index in [4.69, 9.17) is 5.73 Å². The Bertz CT molecular complexity index is 596. The summed E-state index contributed by atoms with van der Waals surface area (Å²) in [6.07, 6.45) is 10.0. The van der Waals surface area contributed by atoms with E-state index in [2.05, 4.69) is 51.7 Å². The van der Waals surface area contributed by atoms with Crippen LogP contribution in [-0.4, -0.2) is 62.8 Å². The van der Waals surface area contributed by atoms with Crippen LogP contribution in [0.25, 0.3) is 0 Å². The maximum atomic E-state index is 6.08. The molecule has 4 rings (SSSR count). The molecule has 2 aliphatic heterocycles. The van der Waals surface area contributed by atoms with Gasteiger partial charge in [0.1, 0.15) is 0 Å². The number of nitrogens with two attached hydrogens (primary N) is 1. The van der Waals surface area contributed by atoms with Crippen LogP contribution in [0.15, 0.2) is 24.3 Å². The predicted octanol–water partition coefficient (Wildman–Crippen LogP) is 3.27. The van der Waals surface area contributed by atoms with E-state index in [1.807, 2.05) is 0 Å². The summed E-state index contributed by atoms with van der Waals surface area (Å²) in [7, 11) is 2.34. The van der Waals surface area contributed by atoms with E-state index in [-0.39, 0.29) is 0 Å². The molecule has 0 atom stereocenters. The first-order chi connectivity index (χ1) is 14.2. The second-order valence-corrected chi connectivity index (χ2v) is 9.65. The molecule has 29 heavy (non-hydrogen) atoms. The van der Waals surface area contributed by atoms with Gasteiger partial charge in [-0.25, -0.2) is 0 Å². The second kappa shape index (κ2) is 10.1. The number of benzene rings is 1. The normalized spacial score (nSPS) is 27.3. The van der Waals surface area contributed by atoms with Crippen LogP contribution in [0, 0.1) is 5.92 Å². The predicted molar refractivity (Wildman–Crippen MR) is 124 cm³/mol. The first-order valence-corrected chi connectivity index (χ1v) is 12.0. The van der Waals surface area contributed by atoms with Crippen LogP contribution in [0.2, 0.25) is 0 Å². The van der Waals surface area contributed by atoms with Gasteiger partial charge in [-0.2, -0.15) is 0 Å². The lowest BCUT2D eigenvalue weighted by Crippen LogP contribution is -2.43. The first-order valence-electron chi connectivity index (χ1n) is 12.0. The van der Waals surface area contributed by atoms with Crippen molar-refractivity contribution in [2.24, 2.45) is 11.7 Å². The smallest absolute Gasteiger partial charge is 0.0367 e. The molecule has 2 saturated heterocycles. The van der Waals surface area contributed by atoms with Gasteiger partial charge in [0.05, 0.1) is 0 Å². The van der Waals surface area contributed by atoms with Gasteiger partial charge in [0.15, 0.2) is 0 Å². The fourth-order valence-electron chi connectivity index (χ4n) is 5.44. The van der Waals surface area contributed by atoms with Crippen LogP contribution in [-0.2, 0) is 0 Å². The Morgan fingerprint density at radius 3 is 2.28 bits per heavy atom. The van der Waals surface area contributed by atoms with Gasteiger partial charge in [0.2, 0.25) is 0 Å². The zero-order valence-corrected chi connectivity index (χ0v) is 18.3. The highest BCUT2D eigenvalue weighted by atomic mass is 15.2. The number of hydrogen-bond acceptors (Lipinski definition) is 5. The van der Waals surface area contributed by atoms with Crippen LogP contribution >= 0.6 is 0 Å². The zero-order chi connectivity index (χ0) is 20.1. The lowest BCUT2D eigenvalue weighted by molar-refractivity contribution is 0.150. The Hall–Kier alpha value is -1.30. The summed E-state index contributed by atoms with van der Waals surface area (Å²) in [5.41, 5.74) is 8.73. The van der Waals surface area contributed by atoms with E-state index in [0.29, 0.717) is 12.1 Å². The topological polar surface area (TPSA) is 56.6 Å². The molecule has 3 aliphatic rings. The summed E-state index contributed by atoms with van der Waals surface area (Å²) in [4.78, 5) is 5.21. The van der Waals surface area contributed by atoms with Gasteiger partial charge >= 0.3 is 0 Å². The number of nitrogens with one attached hydrogen (secondary N) is 2.